The molecule has 30 heavy (non-hydrogen) atoms. The van der Waals surface area contributed by atoms with Crippen molar-refractivity contribution in [1.29, 1.82) is 0 Å². The van der Waals surface area contributed by atoms with Gasteiger partial charge in [-0.05, 0) is 48.6 Å². The van der Waals surface area contributed by atoms with Gasteiger partial charge in [-0.3, -0.25) is 4.99 Å². The molecule has 0 amide bonds. The molecule has 2 unspecified atom stereocenters. The fraction of sp³-hybridized carbons (Fsp3) is 0.750. The maximum absolute atomic E-state index is 6.10. The number of hydrogen-bond acceptors (Lipinski definition) is 4. The van der Waals surface area contributed by atoms with Crippen LogP contribution < -0.4 is 15.5 Å². The van der Waals surface area contributed by atoms with Gasteiger partial charge in [0.05, 0.1) is 6.10 Å². The predicted octanol–water partition coefficient (Wildman–Crippen LogP) is 3.82. The summed E-state index contributed by atoms with van der Waals surface area (Å²) in [6.45, 7) is 13.8. The topological polar surface area (TPSA) is 61.8 Å². The molecule has 2 atom stereocenters. The minimum Gasteiger partial charge on any atom is -0.377 e. The zero-order chi connectivity index (χ0) is 21.6. The van der Waals surface area contributed by atoms with Crippen molar-refractivity contribution in [2.24, 2.45) is 22.2 Å². The van der Waals surface area contributed by atoms with E-state index in [-0.39, 0.29) is 11.5 Å². The van der Waals surface area contributed by atoms with Gasteiger partial charge in [0.25, 0.3) is 0 Å². The summed E-state index contributed by atoms with van der Waals surface area (Å²) in [6.07, 6.45) is 7.12. The number of hydrogen-bond donors (Lipinski definition) is 2. The van der Waals surface area contributed by atoms with Crippen LogP contribution in [0.2, 0.25) is 0 Å². The van der Waals surface area contributed by atoms with Crippen LogP contribution in [0.15, 0.2) is 23.3 Å². The zero-order valence-electron chi connectivity index (χ0n) is 19.6. The number of piperidine rings is 1. The van der Waals surface area contributed by atoms with Crippen LogP contribution in [-0.2, 0) is 11.3 Å². The molecule has 1 aromatic rings. The summed E-state index contributed by atoms with van der Waals surface area (Å²) < 4.78 is 6.10. The van der Waals surface area contributed by atoms with Gasteiger partial charge >= 0.3 is 0 Å². The lowest BCUT2D eigenvalue weighted by molar-refractivity contribution is -0.0835. The maximum atomic E-state index is 6.10. The summed E-state index contributed by atoms with van der Waals surface area (Å²) in [5.74, 6) is 3.27. The molecule has 2 saturated heterocycles. The molecule has 2 N–H and O–H groups in total. The van der Waals surface area contributed by atoms with Gasteiger partial charge < -0.3 is 20.3 Å². The van der Waals surface area contributed by atoms with E-state index in [1.807, 2.05) is 13.2 Å². The molecular weight excluding hydrogens is 374 g/mol. The fourth-order valence-electron chi connectivity index (χ4n) is 4.59. The third-order valence-corrected chi connectivity index (χ3v) is 6.43. The number of rotatable bonds is 5. The van der Waals surface area contributed by atoms with E-state index in [1.165, 1.54) is 24.8 Å². The van der Waals surface area contributed by atoms with E-state index in [0.717, 1.165) is 50.4 Å². The Morgan fingerprint density at radius 3 is 2.60 bits per heavy atom. The molecule has 0 saturated carbocycles. The minimum atomic E-state index is 0.156. The molecule has 3 rings (SSSR count). The molecule has 1 aromatic heterocycles. The Balaban J connectivity index is 1.47. The highest BCUT2D eigenvalue weighted by Gasteiger charge is 2.35. The summed E-state index contributed by atoms with van der Waals surface area (Å²) in [6, 6.07) is 4.32. The lowest BCUT2D eigenvalue weighted by Crippen LogP contribution is -2.47. The number of nitrogens with zero attached hydrogens (tertiary/aromatic N) is 3. The average molecular weight is 416 g/mol. The van der Waals surface area contributed by atoms with Crippen molar-refractivity contribution in [3.8, 4) is 0 Å². The summed E-state index contributed by atoms with van der Waals surface area (Å²) in [7, 11) is 1.83. The van der Waals surface area contributed by atoms with Crippen molar-refractivity contribution in [2.75, 3.05) is 38.2 Å². The van der Waals surface area contributed by atoms with Crippen LogP contribution in [0.5, 0.6) is 0 Å². The smallest absolute Gasteiger partial charge is 0.191 e. The van der Waals surface area contributed by atoms with E-state index in [0.29, 0.717) is 12.5 Å². The third-order valence-electron chi connectivity index (χ3n) is 6.43. The first-order valence-electron chi connectivity index (χ1n) is 11.6. The SMILES string of the molecule is CN=C(NCc1ccc(N2CCC(C)CC2)nc1)NCC1CCCOC1C(C)(C)C. The fourth-order valence-corrected chi connectivity index (χ4v) is 4.59. The summed E-state index contributed by atoms with van der Waals surface area (Å²) in [5, 5.41) is 6.94. The number of anilines is 1. The monoisotopic (exact) mass is 415 g/mol. The van der Waals surface area contributed by atoms with E-state index in [2.05, 4.69) is 60.4 Å². The van der Waals surface area contributed by atoms with Crippen molar-refractivity contribution in [3.05, 3.63) is 23.9 Å². The van der Waals surface area contributed by atoms with Crippen molar-refractivity contribution >= 4 is 11.8 Å². The Morgan fingerprint density at radius 1 is 1.20 bits per heavy atom. The van der Waals surface area contributed by atoms with Crippen LogP contribution in [0.4, 0.5) is 5.82 Å². The van der Waals surface area contributed by atoms with Gasteiger partial charge in [-0.25, -0.2) is 4.98 Å². The highest BCUT2D eigenvalue weighted by atomic mass is 16.5. The molecule has 6 heteroatoms. The van der Waals surface area contributed by atoms with Crippen LogP contribution in [0.25, 0.3) is 0 Å². The van der Waals surface area contributed by atoms with Crippen LogP contribution >= 0.6 is 0 Å². The third kappa shape index (κ3) is 6.34. The van der Waals surface area contributed by atoms with Crippen LogP contribution in [0.3, 0.4) is 0 Å². The molecule has 168 valence electrons. The van der Waals surface area contributed by atoms with Crippen LogP contribution in [0, 0.1) is 17.3 Å². The summed E-state index contributed by atoms with van der Waals surface area (Å²) >= 11 is 0. The van der Waals surface area contributed by atoms with Crippen molar-refractivity contribution in [2.45, 2.75) is 66.0 Å². The van der Waals surface area contributed by atoms with E-state index >= 15 is 0 Å². The Hall–Kier alpha value is -1.82. The van der Waals surface area contributed by atoms with Gasteiger partial charge in [0.2, 0.25) is 0 Å². The quantitative estimate of drug-likeness (QED) is 0.565. The molecule has 2 fully saturated rings. The maximum Gasteiger partial charge on any atom is 0.191 e. The van der Waals surface area contributed by atoms with Gasteiger partial charge in [0.1, 0.15) is 5.82 Å². The van der Waals surface area contributed by atoms with Crippen molar-refractivity contribution in [1.82, 2.24) is 15.6 Å². The van der Waals surface area contributed by atoms with Crippen LogP contribution in [0.1, 0.15) is 58.9 Å². The van der Waals surface area contributed by atoms with E-state index in [9.17, 15) is 0 Å². The largest absolute Gasteiger partial charge is 0.377 e. The number of aromatic nitrogens is 1. The van der Waals surface area contributed by atoms with Gasteiger partial charge in [-0.2, -0.15) is 0 Å². The first kappa shape index (κ1) is 22.9. The second kappa shape index (κ2) is 10.5. The molecule has 0 aromatic carbocycles. The predicted molar refractivity (Wildman–Crippen MR) is 125 cm³/mol. The molecule has 2 aliphatic rings. The lowest BCUT2D eigenvalue weighted by atomic mass is 9.78. The van der Waals surface area contributed by atoms with Crippen molar-refractivity contribution in [3.63, 3.8) is 0 Å². The van der Waals surface area contributed by atoms with E-state index < -0.39 is 0 Å². The summed E-state index contributed by atoms with van der Waals surface area (Å²) in [4.78, 5) is 11.5. The highest BCUT2D eigenvalue weighted by molar-refractivity contribution is 5.79. The molecular formula is C24H41N5O. The molecule has 3 heterocycles. The molecule has 0 aliphatic carbocycles. The van der Waals surface area contributed by atoms with Crippen LogP contribution in [-0.4, -0.2) is 50.3 Å². The molecule has 0 radical (unpaired) electrons. The first-order valence-corrected chi connectivity index (χ1v) is 11.6. The van der Waals surface area contributed by atoms with E-state index in [4.69, 9.17) is 9.72 Å². The van der Waals surface area contributed by atoms with Gasteiger partial charge in [-0.1, -0.05) is 33.8 Å². The van der Waals surface area contributed by atoms with Gasteiger partial charge in [0.15, 0.2) is 5.96 Å². The Morgan fingerprint density at radius 2 is 1.97 bits per heavy atom. The number of ether oxygens (including phenoxy) is 1. The Labute approximate surface area is 182 Å². The first-order chi connectivity index (χ1) is 14.4. The Kier molecular flexibility index (Phi) is 7.98. The number of aliphatic imine (C=N–C) groups is 1. The van der Waals surface area contributed by atoms with E-state index in [1.54, 1.807) is 0 Å². The minimum absolute atomic E-state index is 0.156. The van der Waals surface area contributed by atoms with Gasteiger partial charge in [-0.15, -0.1) is 0 Å². The molecule has 0 spiro atoms. The zero-order valence-corrected chi connectivity index (χ0v) is 19.6. The number of pyridine rings is 1. The molecule has 6 nitrogen and oxygen atoms in total. The number of nitrogens with one attached hydrogen (secondary N) is 2. The number of guanidine groups is 1. The second-order valence-corrected chi connectivity index (χ2v) is 10.1. The molecule has 0 bridgehead atoms. The summed E-state index contributed by atoms with van der Waals surface area (Å²) in [5.41, 5.74) is 1.32. The standard InChI is InChI=1S/C24H41N5O/c1-18-10-12-29(13-11-18)21-9-8-19(15-26-21)16-27-23(25-5)28-17-20-7-6-14-30-22(20)24(2,3)4/h8-9,15,18,20,22H,6-7,10-14,16-17H2,1-5H3,(H2,25,27,28). The highest BCUT2D eigenvalue weighted by Crippen LogP contribution is 2.33. The van der Waals surface area contributed by atoms with Crippen molar-refractivity contribution < 1.29 is 4.74 Å². The second-order valence-electron chi connectivity index (χ2n) is 10.1. The molecule has 2 aliphatic heterocycles. The Bertz CT molecular complexity index is 674. The average Bonchev–Trinajstić information content (AvgIpc) is 2.74. The van der Waals surface area contributed by atoms with Gasteiger partial charge in [0, 0.05) is 51.9 Å². The normalized spacial score (nSPS) is 24.0. The lowest BCUT2D eigenvalue weighted by Gasteiger charge is -2.40.